The quantitative estimate of drug-likeness (QED) is 0.258. The Balaban J connectivity index is 1.81. The summed E-state index contributed by atoms with van der Waals surface area (Å²) in [6, 6.07) is 7.38. The summed E-state index contributed by atoms with van der Waals surface area (Å²) < 4.78 is 0. The molecule has 0 heteroatoms. The Morgan fingerprint density at radius 3 is 2.03 bits per heavy atom. The number of hydrogen-bond donors (Lipinski definition) is 0. The van der Waals surface area contributed by atoms with E-state index < -0.39 is 0 Å². The maximum absolute atomic E-state index is 2.51. The molecule has 29 heavy (non-hydrogen) atoms. The van der Waals surface area contributed by atoms with Gasteiger partial charge in [-0.2, -0.15) is 0 Å². The van der Waals surface area contributed by atoms with Gasteiger partial charge in [0, 0.05) is 0 Å². The van der Waals surface area contributed by atoms with Gasteiger partial charge in [-0.25, -0.2) is 0 Å². The van der Waals surface area contributed by atoms with E-state index in [1.807, 2.05) is 0 Å². The Bertz CT molecular complexity index is 535. The summed E-state index contributed by atoms with van der Waals surface area (Å²) in [5.41, 5.74) is 5.36. The van der Waals surface area contributed by atoms with Gasteiger partial charge in [-0.05, 0) is 74.0 Å². The van der Waals surface area contributed by atoms with E-state index in [0.29, 0.717) is 5.41 Å². The smallest absolute Gasteiger partial charge is 0.0273 e. The zero-order chi connectivity index (χ0) is 20.8. The second-order valence-electron chi connectivity index (χ2n) is 10.1. The highest BCUT2D eigenvalue weighted by atomic mass is 14.4. The molecule has 1 aliphatic rings. The Kier molecular flexibility index (Phi) is 12.0. The monoisotopic (exact) mass is 398 g/mol. The first-order chi connectivity index (χ1) is 14.2. The molecular weight excluding hydrogens is 348 g/mol. The predicted molar refractivity (Wildman–Crippen MR) is 131 cm³/mol. The Morgan fingerprint density at radius 1 is 0.690 bits per heavy atom. The zero-order valence-corrected chi connectivity index (χ0v) is 20.2. The standard InChI is InChI=1S/C29H50/c1-4-6-8-9-10-11-14-21-29(22-15-12-16-23-29)24-20-27-18-19-28(26(3)25-27)17-13-7-5-2/h18-19,25H,4-17,20-24H2,1-3H3. The maximum Gasteiger partial charge on any atom is -0.0273 e. The van der Waals surface area contributed by atoms with Crippen molar-refractivity contribution in [3.8, 4) is 0 Å². The second-order valence-corrected chi connectivity index (χ2v) is 10.1. The van der Waals surface area contributed by atoms with Gasteiger partial charge in [0.25, 0.3) is 0 Å². The van der Waals surface area contributed by atoms with Gasteiger partial charge in [-0.1, -0.05) is 109 Å². The van der Waals surface area contributed by atoms with Crippen LogP contribution in [0.15, 0.2) is 18.2 Å². The summed E-state index contributed by atoms with van der Waals surface area (Å²) in [5.74, 6) is 0. The highest BCUT2D eigenvalue weighted by molar-refractivity contribution is 5.31. The van der Waals surface area contributed by atoms with Gasteiger partial charge in [-0.15, -0.1) is 0 Å². The minimum atomic E-state index is 0.662. The van der Waals surface area contributed by atoms with Crippen LogP contribution in [-0.2, 0) is 12.8 Å². The molecule has 0 amide bonds. The first-order valence-corrected chi connectivity index (χ1v) is 13.3. The highest BCUT2D eigenvalue weighted by Gasteiger charge is 2.30. The normalized spacial score (nSPS) is 16.2. The van der Waals surface area contributed by atoms with Crippen LogP contribution in [0.1, 0.15) is 140 Å². The van der Waals surface area contributed by atoms with E-state index >= 15 is 0 Å². The number of hydrogen-bond acceptors (Lipinski definition) is 0. The molecule has 0 radical (unpaired) electrons. The summed E-state index contributed by atoms with van der Waals surface area (Å²) in [6.07, 6.45) is 27.1. The van der Waals surface area contributed by atoms with Crippen molar-refractivity contribution < 1.29 is 0 Å². The van der Waals surface area contributed by atoms with E-state index in [2.05, 4.69) is 39.0 Å². The number of benzene rings is 1. The van der Waals surface area contributed by atoms with Crippen LogP contribution in [0.4, 0.5) is 0 Å². The van der Waals surface area contributed by atoms with Crippen molar-refractivity contribution >= 4 is 0 Å². The molecule has 0 N–H and O–H groups in total. The maximum atomic E-state index is 2.51. The third kappa shape index (κ3) is 9.27. The van der Waals surface area contributed by atoms with Crippen LogP contribution in [0.3, 0.4) is 0 Å². The summed E-state index contributed by atoms with van der Waals surface area (Å²) in [6.45, 7) is 6.94. The zero-order valence-electron chi connectivity index (χ0n) is 20.2. The summed E-state index contributed by atoms with van der Waals surface area (Å²) in [4.78, 5) is 0. The SMILES string of the molecule is CCCCCCCCCC1(CCc2ccc(CCCCC)c(C)c2)CCCCC1. The number of unbranched alkanes of at least 4 members (excludes halogenated alkanes) is 8. The second kappa shape index (κ2) is 14.3. The van der Waals surface area contributed by atoms with Crippen LogP contribution in [0.5, 0.6) is 0 Å². The Labute approximate surface area is 183 Å². The van der Waals surface area contributed by atoms with Crippen LogP contribution >= 0.6 is 0 Å². The lowest BCUT2D eigenvalue weighted by Crippen LogP contribution is -2.25. The first-order valence-electron chi connectivity index (χ1n) is 13.3. The fraction of sp³-hybridized carbons (Fsp3) is 0.793. The van der Waals surface area contributed by atoms with Crippen LogP contribution in [0.2, 0.25) is 0 Å². The molecule has 0 unspecified atom stereocenters. The third-order valence-electron chi connectivity index (χ3n) is 7.63. The van der Waals surface area contributed by atoms with Crippen LogP contribution < -0.4 is 0 Å². The van der Waals surface area contributed by atoms with Gasteiger partial charge < -0.3 is 0 Å². The molecule has 1 aromatic carbocycles. The first kappa shape index (κ1) is 24.5. The van der Waals surface area contributed by atoms with E-state index in [1.54, 1.807) is 11.1 Å². The fourth-order valence-electron chi connectivity index (χ4n) is 5.55. The molecule has 0 aliphatic heterocycles. The molecule has 0 heterocycles. The molecule has 0 spiro atoms. The number of rotatable bonds is 15. The third-order valence-corrected chi connectivity index (χ3v) is 7.63. The molecule has 1 saturated carbocycles. The van der Waals surface area contributed by atoms with Crippen molar-refractivity contribution in [3.05, 3.63) is 34.9 Å². The average Bonchev–Trinajstić information content (AvgIpc) is 2.74. The number of aryl methyl sites for hydroxylation is 3. The molecular formula is C29H50. The molecule has 166 valence electrons. The molecule has 0 atom stereocenters. The molecule has 1 aliphatic carbocycles. The van der Waals surface area contributed by atoms with Crippen molar-refractivity contribution in [2.24, 2.45) is 5.41 Å². The van der Waals surface area contributed by atoms with Crippen LogP contribution in [-0.4, -0.2) is 0 Å². The molecule has 1 aromatic rings. The van der Waals surface area contributed by atoms with Crippen molar-refractivity contribution in [2.45, 2.75) is 143 Å². The van der Waals surface area contributed by atoms with Crippen molar-refractivity contribution in [2.75, 3.05) is 0 Å². The minimum Gasteiger partial charge on any atom is -0.0654 e. The van der Waals surface area contributed by atoms with Gasteiger partial charge in [0.05, 0.1) is 0 Å². The van der Waals surface area contributed by atoms with Crippen molar-refractivity contribution in [3.63, 3.8) is 0 Å². The van der Waals surface area contributed by atoms with Gasteiger partial charge in [0.15, 0.2) is 0 Å². The lowest BCUT2D eigenvalue weighted by atomic mass is 9.68. The lowest BCUT2D eigenvalue weighted by molar-refractivity contribution is 0.152. The topological polar surface area (TPSA) is 0 Å². The molecule has 0 nitrogen and oxygen atoms in total. The fourth-order valence-corrected chi connectivity index (χ4v) is 5.55. The van der Waals surface area contributed by atoms with Crippen molar-refractivity contribution in [1.82, 2.24) is 0 Å². The molecule has 0 saturated heterocycles. The lowest BCUT2D eigenvalue weighted by Gasteiger charge is -2.38. The van der Waals surface area contributed by atoms with E-state index in [1.165, 1.54) is 128 Å². The minimum absolute atomic E-state index is 0.662. The van der Waals surface area contributed by atoms with Gasteiger partial charge in [-0.3, -0.25) is 0 Å². The van der Waals surface area contributed by atoms with E-state index in [9.17, 15) is 0 Å². The molecule has 2 rings (SSSR count). The van der Waals surface area contributed by atoms with Gasteiger partial charge in [0.1, 0.15) is 0 Å². The summed E-state index contributed by atoms with van der Waals surface area (Å²) >= 11 is 0. The average molecular weight is 399 g/mol. The molecule has 0 aromatic heterocycles. The summed E-state index contributed by atoms with van der Waals surface area (Å²) in [5, 5.41) is 0. The van der Waals surface area contributed by atoms with E-state index in [-0.39, 0.29) is 0 Å². The Morgan fingerprint density at radius 2 is 1.34 bits per heavy atom. The van der Waals surface area contributed by atoms with E-state index in [0.717, 1.165) is 0 Å². The van der Waals surface area contributed by atoms with E-state index in [4.69, 9.17) is 0 Å². The predicted octanol–water partition coefficient (Wildman–Crippen LogP) is 9.75. The van der Waals surface area contributed by atoms with Crippen LogP contribution in [0, 0.1) is 12.3 Å². The van der Waals surface area contributed by atoms with Gasteiger partial charge in [0.2, 0.25) is 0 Å². The largest absolute Gasteiger partial charge is 0.0654 e. The van der Waals surface area contributed by atoms with Crippen LogP contribution in [0.25, 0.3) is 0 Å². The highest BCUT2D eigenvalue weighted by Crippen LogP contribution is 2.44. The molecule has 1 fully saturated rings. The Hall–Kier alpha value is -0.780. The molecule has 0 bridgehead atoms. The van der Waals surface area contributed by atoms with Crippen molar-refractivity contribution in [1.29, 1.82) is 0 Å². The summed E-state index contributed by atoms with van der Waals surface area (Å²) in [7, 11) is 0. The van der Waals surface area contributed by atoms with Gasteiger partial charge >= 0.3 is 0 Å².